The van der Waals surface area contributed by atoms with Crippen molar-refractivity contribution in [1.29, 1.82) is 0 Å². The van der Waals surface area contributed by atoms with Crippen molar-refractivity contribution in [3.63, 3.8) is 0 Å². The molecule has 194 valence electrons. The molecule has 0 spiro atoms. The number of benzene rings is 4. The van der Waals surface area contributed by atoms with Crippen LogP contribution in [0, 0.1) is 6.92 Å². The number of rotatable bonds is 8. The zero-order valence-corrected chi connectivity index (χ0v) is 21.4. The van der Waals surface area contributed by atoms with Crippen LogP contribution in [-0.2, 0) is 6.42 Å². The van der Waals surface area contributed by atoms with E-state index in [2.05, 4.69) is 27.3 Å². The number of carboxylic acid groups (broad SMARTS) is 1. The van der Waals surface area contributed by atoms with Gasteiger partial charge in [-0.05, 0) is 31.2 Å². The molecule has 0 aliphatic rings. The summed E-state index contributed by atoms with van der Waals surface area (Å²) in [5.74, 6) is 1.07. The molecule has 2 aromatic heterocycles. The van der Waals surface area contributed by atoms with Crippen LogP contribution in [0.15, 0.2) is 91.0 Å². The van der Waals surface area contributed by atoms with Gasteiger partial charge < -0.3 is 19.6 Å². The average Bonchev–Trinajstić information content (AvgIpc) is 3.51. The zero-order chi connectivity index (χ0) is 26.8. The van der Waals surface area contributed by atoms with E-state index >= 15 is 0 Å². The number of aromatic nitrogens is 3. The van der Waals surface area contributed by atoms with Crippen LogP contribution in [0.25, 0.3) is 44.1 Å². The van der Waals surface area contributed by atoms with E-state index in [0.29, 0.717) is 19.4 Å². The van der Waals surface area contributed by atoms with Gasteiger partial charge in [0, 0.05) is 38.7 Å². The van der Waals surface area contributed by atoms with E-state index in [1.165, 1.54) is 0 Å². The summed E-state index contributed by atoms with van der Waals surface area (Å²) in [5, 5.41) is 20.2. The van der Waals surface area contributed by atoms with Crippen LogP contribution < -0.4 is 9.47 Å². The molecule has 0 unspecified atom stereocenters. The van der Waals surface area contributed by atoms with E-state index in [-0.39, 0.29) is 5.88 Å². The van der Waals surface area contributed by atoms with E-state index in [9.17, 15) is 9.90 Å². The Labute approximate surface area is 225 Å². The van der Waals surface area contributed by atoms with E-state index in [4.69, 9.17) is 9.47 Å². The maximum absolute atomic E-state index is 11.6. The third-order valence-electron chi connectivity index (χ3n) is 6.93. The number of hydrogen-bond acceptors (Lipinski definition) is 4. The number of aryl methyl sites for hydroxylation is 2. The Hall–Kier alpha value is -5.04. The van der Waals surface area contributed by atoms with Crippen molar-refractivity contribution in [2.75, 3.05) is 6.61 Å². The normalized spacial score (nSPS) is 11.2. The summed E-state index contributed by atoms with van der Waals surface area (Å²) in [6.45, 7) is 2.46. The van der Waals surface area contributed by atoms with Gasteiger partial charge in [0.25, 0.3) is 0 Å². The summed E-state index contributed by atoms with van der Waals surface area (Å²) >= 11 is 0. The SMILES string of the molecule is Cc1[nH]nc(-c2ccccc2)c1-c1cccc2c(CCCOc3cccc4ccccc34)c(OC(=O)O)[nH]c12. The van der Waals surface area contributed by atoms with Crippen LogP contribution in [0.2, 0.25) is 0 Å². The molecule has 3 N–H and O–H groups in total. The van der Waals surface area contributed by atoms with Gasteiger partial charge in [-0.2, -0.15) is 5.10 Å². The monoisotopic (exact) mass is 517 g/mol. The van der Waals surface area contributed by atoms with Gasteiger partial charge in [-0.15, -0.1) is 0 Å². The Morgan fingerprint density at radius 1 is 0.897 bits per heavy atom. The van der Waals surface area contributed by atoms with Gasteiger partial charge in [0.15, 0.2) is 0 Å². The number of para-hydroxylation sites is 1. The second kappa shape index (κ2) is 10.4. The number of hydrogen-bond donors (Lipinski definition) is 3. The standard InChI is InChI=1S/C32H27N3O4/c1-20-28(29(35-34-20)22-11-3-2-4-12-22)26-16-8-15-24-25(31(33-30(24)26)39-32(36)37)17-9-19-38-27-18-7-13-21-10-5-6-14-23(21)27/h2-8,10-16,18,33H,9,17,19H2,1H3,(H,34,35)(H,36,37). The quantitative estimate of drug-likeness (QED) is 0.142. The molecule has 0 aliphatic carbocycles. The van der Waals surface area contributed by atoms with Crippen molar-refractivity contribution in [2.45, 2.75) is 19.8 Å². The third kappa shape index (κ3) is 4.70. The molecule has 6 aromatic rings. The Morgan fingerprint density at radius 2 is 1.64 bits per heavy atom. The number of H-pyrrole nitrogens is 2. The first-order valence-corrected chi connectivity index (χ1v) is 12.9. The lowest BCUT2D eigenvalue weighted by Crippen LogP contribution is -2.06. The highest BCUT2D eigenvalue weighted by molar-refractivity contribution is 6.01. The summed E-state index contributed by atoms with van der Waals surface area (Å²) < 4.78 is 11.4. The third-order valence-corrected chi connectivity index (χ3v) is 6.93. The molecule has 0 fully saturated rings. The summed E-state index contributed by atoms with van der Waals surface area (Å²) in [6, 6.07) is 30.1. The Kier molecular flexibility index (Phi) is 6.47. The highest BCUT2D eigenvalue weighted by Gasteiger charge is 2.22. The highest BCUT2D eigenvalue weighted by atomic mass is 16.7. The van der Waals surface area contributed by atoms with Gasteiger partial charge in [-0.3, -0.25) is 5.10 Å². The molecule has 7 nitrogen and oxygen atoms in total. The fourth-order valence-corrected chi connectivity index (χ4v) is 5.20. The van der Waals surface area contributed by atoms with Crippen LogP contribution in [0.1, 0.15) is 17.7 Å². The second-order valence-corrected chi connectivity index (χ2v) is 9.40. The van der Waals surface area contributed by atoms with Crippen LogP contribution in [-0.4, -0.2) is 33.1 Å². The Balaban J connectivity index is 1.33. The number of nitrogens with zero attached hydrogens (tertiary/aromatic N) is 1. The van der Waals surface area contributed by atoms with Gasteiger partial charge in [0.1, 0.15) is 11.4 Å². The minimum atomic E-state index is -1.36. The summed E-state index contributed by atoms with van der Waals surface area (Å²) in [6.07, 6.45) is -0.107. The number of nitrogens with one attached hydrogen (secondary N) is 2. The molecular formula is C32H27N3O4. The first kappa shape index (κ1) is 24.3. The first-order chi connectivity index (χ1) is 19.1. The number of carbonyl (C=O) groups is 1. The smallest absolute Gasteiger partial charge is 0.493 e. The molecule has 0 atom stereocenters. The van der Waals surface area contributed by atoms with Gasteiger partial charge in [-0.25, -0.2) is 4.79 Å². The van der Waals surface area contributed by atoms with Gasteiger partial charge in [-0.1, -0.05) is 84.9 Å². The van der Waals surface area contributed by atoms with Crippen molar-refractivity contribution in [2.24, 2.45) is 0 Å². The van der Waals surface area contributed by atoms with Gasteiger partial charge >= 0.3 is 6.16 Å². The van der Waals surface area contributed by atoms with Crippen LogP contribution in [0.3, 0.4) is 0 Å². The average molecular weight is 518 g/mol. The predicted octanol–water partition coefficient (Wildman–Crippen LogP) is 7.76. The number of ether oxygens (including phenoxy) is 2. The van der Waals surface area contributed by atoms with Crippen LogP contribution in [0.5, 0.6) is 11.6 Å². The van der Waals surface area contributed by atoms with E-state index in [1.807, 2.05) is 85.8 Å². The molecule has 2 heterocycles. The largest absolute Gasteiger partial charge is 0.512 e. The maximum Gasteiger partial charge on any atom is 0.512 e. The fourth-order valence-electron chi connectivity index (χ4n) is 5.20. The molecule has 4 aromatic carbocycles. The zero-order valence-electron chi connectivity index (χ0n) is 21.4. The predicted molar refractivity (Wildman–Crippen MR) is 152 cm³/mol. The minimum absolute atomic E-state index is 0.234. The molecule has 39 heavy (non-hydrogen) atoms. The lowest BCUT2D eigenvalue weighted by atomic mass is 9.96. The Bertz CT molecular complexity index is 1780. The van der Waals surface area contributed by atoms with Gasteiger partial charge in [0.2, 0.25) is 5.88 Å². The molecule has 0 amide bonds. The van der Waals surface area contributed by atoms with Crippen molar-refractivity contribution in [1.82, 2.24) is 15.2 Å². The van der Waals surface area contributed by atoms with Crippen molar-refractivity contribution >= 4 is 27.8 Å². The molecule has 0 radical (unpaired) electrons. The first-order valence-electron chi connectivity index (χ1n) is 12.9. The molecule has 0 saturated carbocycles. The van der Waals surface area contributed by atoms with E-state index in [0.717, 1.165) is 61.1 Å². The van der Waals surface area contributed by atoms with Crippen LogP contribution in [0.4, 0.5) is 4.79 Å². The molecule has 0 bridgehead atoms. The van der Waals surface area contributed by atoms with Crippen molar-refractivity contribution in [3.05, 3.63) is 102 Å². The maximum atomic E-state index is 11.6. The lowest BCUT2D eigenvalue weighted by Gasteiger charge is -2.10. The topological polar surface area (TPSA) is 100 Å². The number of fused-ring (bicyclic) bond motifs is 2. The van der Waals surface area contributed by atoms with E-state index in [1.54, 1.807) is 0 Å². The Morgan fingerprint density at radius 3 is 2.49 bits per heavy atom. The second-order valence-electron chi connectivity index (χ2n) is 9.40. The molecule has 7 heteroatoms. The van der Waals surface area contributed by atoms with Crippen LogP contribution >= 0.6 is 0 Å². The minimum Gasteiger partial charge on any atom is -0.493 e. The summed E-state index contributed by atoms with van der Waals surface area (Å²) in [5.41, 5.74) is 6.24. The number of aromatic amines is 2. The molecule has 6 rings (SSSR count). The van der Waals surface area contributed by atoms with Crippen molar-refractivity contribution < 1.29 is 19.4 Å². The van der Waals surface area contributed by atoms with Crippen molar-refractivity contribution in [3.8, 4) is 34.0 Å². The molecular weight excluding hydrogens is 490 g/mol. The highest BCUT2D eigenvalue weighted by Crippen LogP contribution is 2.40. The summed E-state index contributed by atoms with van der Waals surface area (Å²) in [7, 11) is 0. The lowest BCUT2D eigenvalue weighted by molar-refractivity contribution is 0.142. The summed E-state index contributed by atoms with van der Waals surface area (Å²) in [4.78, 5) is 14.8. The van der Waals surface area contributed by atoms with E-state index < -0.39 is 6.16 Å². The van der Waals surface area contributed by atoms with Gasteiger partial charge in [0.05, 0.1) is 12.1 Å². The molecule has 0 saturated heterocycles. The molecule has 0 aliphatic heterocycles. The fraction of sp³-hybridized carbons (Fsp3) is 0.125.